The molecule has 0 heterocycles. The number of allylic oxidation sites excluding steroid dienone is 4. The lowest BCUT2D eigenvalue weighted by atomic mass is 10.1. The molecule has 0 radical (unpaired) electrons. The molecular weight excluding hydrogens is 430 g/mol. The van der Waals surface area contributed by atoms with Gasteiger partial charge in [-0.05, 0) is 59.0 Å². The van der Waals surface area contributed by atoms with Gasteiger partial charge in [-0.25, -0.2) is 0 Å². The molecule has 3 heteroatoms. The molecule has 0 rings (SSSR count). The van der Waals surface area contributed by atoms with Gasteiger partial charge in [-0.3, -0.25) is 0 Å². The SMILES string of the molecule is CCCCCC=CCC=CCCCCCCCCOC(CN(C)C)OCCCCCCCCCC. The number of hydrogen-bond acceptors (Lipinski definition) is 3. The van der Waals surface area contributed by atoms with Crippen molar-refractivity contribution < 1.29 is 9.47 Å². The molecule has 0 bridgehead atoms. The van der Waals surface area contributed by atoms with Gasteiger partial charge in [-0.2, -0.15) is 0 Å². The van der Waals surface area contributed by atoms with Gasteiger partial charge in [0, 0.05) is 19.8 Å². The van der Waals surface area contributed by atoms with Crippen molar-refractivity contribution in [1.29, 1.82) is 0 Å². The molecule has 0 aromatic rings. The Morgan fingerprint density at radius 3 is 1.40 bits per heavy atom. The minimum atomic E-state index is -0.0764. The van der Waals surface area contributed by atoms with Crippen LogP contribution < -0.4 is 0 Å². The van der Waals surface area contributed by atoms with Crippen molar-refractivity contribution in [3.05, 3.63) is 24.3 Å². The Balaban J connectivity index is 3.55. The van der Waals surface area contributed by atoms with Crippen molar-refractivity contribution >= 4 is 0 Å². The summed E-state index contributed by atoms with van der Waals surface area (Å²) in [6, 6.07) is 0. The molecule has 0 aliphatic heterocycles. The predicted octanol–water partition coefficient (Wildman–Crippen LogP) is 9.86. The molecule has 208 valence electrons. The summed E-state index contributed by atoms with van der Waals surface area (Å²) >= 11 is 0. The van der Waals surface area contributed by atoms with Crippen molar-refractivity contribution in [2.24, 2.45) is 0 Å². The Morgan fingerprint density at radius 2 is 0.914 bits per heavy atom. The summed E-state index contributed by atoms with van der Waals surface area (Å²) in [6.45, 7) is 7.04. The van der Waals surface area contributed by atoms with E-state index in [1.165, 1.54) is 109 Å². The van der Waals surface area contributed by atoms with Crippen LogP contribution in [-0.2, 0) is 9.47 Å². The van der Waals surface area contributed by atoms with Crippen LogP contribution in [0.1, 0.15) is 142 Å². The number of hydrogen-bond donors (Lipinski definition) is 0. The smallest absolute Gasteiger partial charge is 0.170 e. The highest BCUT2D eigenvalue weighted by Gasteiger charge is 2.10. The second-order valence-electron chi connectivity index (χ2n) is 10.5. The molecular formula is C32H63NO2. The molecule has 0 aromatic carbocycles. The van der Waals surface area contributed by atoms with Gasteiger partial charge in [-0.15, -0.1) is 0 Å². The third-order valence-corrected chi connectivity index (χ3v) is 6.46. The quantitative estimate of drug-likeness (QED) is 0.0615. The summed E-state index contributed by atoms with van der Waals surface area (Å²) in [5.41, 5.74) is 0. The van der Waals surface area contributed by atoms with E-state index in [1.807, 2.05) is 0 Å². The highest BCUT2D eigenvalue weighted by atomic mass is 16.7. The molecule has 1 atom stereocenters. The second-order valence-corrected chi connectivity index (χ2v) is 10.5. The summed E-state index contributed by atoms with van der Waals surface area (Å²) in [5.74, 6) is 0. The Kier molecular flexibility index (Phi) is 29.0. The van der Waals surface area contributed by atoms with Gasteiger partial charge in [0.25, 0.3) is 0 Å². The van der Waals surface area contributed by atoms with E-state index in [0.717, 1.165) is 39.0 Å². The summed E-state index contributed by atoms with van der Waals surface area (Å²) in [4.78, 5) is 2.16. The first-order chi connectivity index (χ1) is 17.2. The van der Waals surface area contributed by atoms with Gasteiger partial charge in [0.05, 0.1) is 0 Å². The maximum atomic E-state index is 6.07. The topological polar surface area (TPSA) is 21.7 Å². The molecule has 0 amide bonds. The van der Waals surface area contributed by atoms with Gasteiger partial charge >= 0.3 is 0 Å². The van der Waals surface area contributed by atoms with Crippen LogP contribution in [0.4, 0.5) is 0 Å². The lowest BCUT2D eigenvalue weighted by molar-refractivity contribution is -0.150. The second kappa shape index (κ2) is 29.6. The van der Waals surface area contributed by atoms with E-state index in [4.69, 9.17) is 9.47 Å². The zero-order valence-electron chi connectivity index (χ0n) is 24.4. The van der Waals surface area contributed by atoms with Gasteiger partial charge in [0.1, 0.15) is 0 Å². The standard InChI is InChI=1S/C32H63NO2/c1-5-7-9-11-13-15-16-17-18-19-20-21-22-24-26-28-30-35-32(31-33(3)4)34-29-27-25-23-14-12-10-8-6-2/h13,15,17-18,32H,5-12,14,16,19-31H2,1-4H3. The summed E-state index contributed by atoms with van der Waals surface area (Å²) in [6.07, 6.45) is 35.3. The largest absolute Gasteiger partial charge is 0.351 e. The van der Waals surface area contributed by atoms with E-state index < -0.39 is 0 Å². The fourth-order valence-corrected chi connectivity index (χ4v) is 4.21. The first kappa shape index (κ1) is 34.4. The van der Waals surface area contributed by atoms with Crippen molar-refractivity contribution in [3.63, 3.8) is 0 Å². The normalized spacial score (nSPS) is 13.1. The maximum absolute atomic E-state index is 6.07. The van der Waals surface area contributed by atoms with E-state index in [9.17, 15) is 0 Å². The molecule has 3 nitrogen and oxygen atoms in total. The lowest BCUT2D eigenvalue weighted by Crippen LogP contribution is -2.31. The average molecular weight is 494 g/mol. The molecule has 0 N–H and O–H groups in total. The first-order valence-corrected chi connectivity index (χ1v) is 15.4. The van der Waals surface area contributed by atoms with Crippen LogP contribution in [0.15, 0.2) is 24.3 Å². The minimum absolute atomic E-state index is 0.0764. The van der Waals surface area contributed by atoms with E-state index in [1.54, 1.807) is 0 Å². The Labute approximate surface area is 221 Å². The van der Waals surface area contributed by atoms with Crippen molar-refractivity contribution in [2.75, 3.05) is 33.9 Å². The molecule has 35 heavy (non-hydrogen) atoms. The summed E-state index contributed by atoms with van der Waals surface area (Å²) < 4.78 is 12.1. The van der Waals surface area contributed by atoms with Crippen LogP contribution in [0, 0.1) is 0 Å². The van der Waals surface area contributed by atoms with Gasteiger partial charge in [0.2, 0.25) is 0 Å². The molecule has 0 saturated heterocycles. The molecule has 0 spiro atoms. The van der Waals surface area contributed by atoms with E-state index >= 15 is 0 Å². The molecule has 0 aliphatic rings. The zero-order valence-corrected chi connectivity index (χ0v) is 24.4. The third kappa shape index (κ3) is 29.5. The number of rotatable bonds is 28. The Bertz CT molecular complexity index is 447. The van der Waals surface area contributed by atoms with Crippen LogP contribution in [0.2, 0.25) is 0 Å². The van der Waals surface area contributed by atoms with E-state index in [2.05, 4.69) is 57.1 Å². The number of likely N-dealkylation sites (N-methyl/N-ethyl adjacent to an activating group) is 1. The first-order valence-electron chi connectivity index (χ1n) is 15.4. The molecule has 1 unspecified atom stereocenters. The van der Waals surface area contributed by atoms with Gasteiger partial charge in [0.15, 0.2) is 6.29 Å². The summed E-state index contributed by atoms with van der Waals surface area (Å²) in [5, 5.41) is 0. The number of unbranched alkanes of at least 4 members (excludes halogenated alkanes) is 16. The third-order valence-electron chi connectivity index (χ3n) is 6.46. The monoisotopic (exact) mass is 493 g/mol. The Hall–Kier alpha value is -0.640. The van der Waals surface area contributed by atoms with Crippen LogP contribution in [0.5, 0.6) is 0 Å². The van der Waals surface area contributed by atoms with Crippen molar-refractivity contribution in [1.82, 2.24) is 4.90 Å². The van der Waals surface area contributed by atoms with E-state index in [-0.39, 0.29) is 6.29 Å². The van der Waals surface area contributed by atoms with Gasteiger partial charge < -0.3 is 14.4 Å². The molecule has 0 fully saturated rings. The highest BCUT2D eigenvalue weighted by molar-refractivity contribution is 4.92. The summed E-state index contributed by atoms with van der Waals surface area (Å²) in [7, 11) is 4.19. The van der Waals surface area contributed by atoms with Crippen LogP contribution in [-0.4, -0.2) is 45.0 Å². The maximum Gasteiger partial charge on any atom is 0.170 e. The van der Waals surface area contributed by atoms with E-state index in [0.29, 0.717) is 0 Å². The Morgan fingerprint density at radius 1 is 0.514 bits per heavy atom. The lowest BCUT2D eigenvalue weighted by Gasteiger charge is -2.22. The molecule has 0 saturated carbocycles. The predicted molar refractivity (Wildman–Crippen MR) is 156 cm³/mol. The highest BCUT2D eigenvalue weighted by Crippen LogP contribution is 2.11. The van der Waals surface area contributed by atoms with Crippen LogP contribution in [0.25, 0.3) is 0 Å². The molecule has 0 aromatic heterocycles. The average Bonchev–Trinajstić information content (AvgIpc) is 2.84. The fraction of sp³-hybridized carbons (Fsp3) is 0.875. The minimum Gasteiger partial charge on any atom is -0.351 e. The zero-order chi connectivity index (χ0) is 25.7. The fourth-order valence-electron chi connectivity index (χ4n) is 4.21. The number of ether oxygens (including phenoxy) is 2. The number of nitrogens with zero attached hydrogens (tertiary/aromatic N) is 1. The van der Waals surface area contributed by atoms with Crippen LogP contribution >= 0.6 is 0 Å². The van der Waals surface area contributed by atoms with Crippen molar-refractivity contribution in [3.8, 4) is 0 Å². The van der Waals surface area contributed by atoms with Gasteiger partial charge in [-0.1, -0.05) is 122 Å². The van der Waals surface area contributed by atoms with Crippen molar-refractivity contribution in [2.45, 2.75) is 149 Å². The van der Waals surface area contributed by atoms with Crippen LogP contribution in [0.3, 0.4) is 0 Å². The molecule has 0 aliphatic carbocycles.